The summed E-state index contributed by atoms with van der Waals surface area (Å²) in [5, 5.41) is 7.43. The van der Waals surface area contributed by atoms with Crippen molar-refractivity contribution in [2.75, 3.05) is 13.1 Å². The molecule has 21 heavy (non-hydrogen) atoms. The van der Waals surface area contributed by atoms with Gasteiger partial charge in [-0.3, -0.25) is 9.59 Å². The minimum absolute atomic E-state index is 0.00276. The Bertz CT molecular complexity index is 608. The number of rotatable bonds is 6. The van der Waals surface area contributed by atoms with E-state index < -0.39 is 0 Å². The molecular formula is C16H18N2O2S. The molecule has 0 unspecified atom stereocenters. The van der Waals surface area contributed by atoms with Gasteiger partial charge in [0.25, 0.3) is 5.91 Å². The Morgan fingerprint density at radius 2 is 2.00 bits per heavy atom. The van der Waals surface area contributed by atoms with Gasteiger partial charge in [0.05, 0.1) is 6.54 Å². The Balaban J connectivity index is 1.70. The fourth-order valence-electron chi connectivity index (χ4n) is 1.89. The Labute approximate surface area is 128 Å². The van der Waals surface area contributed by atoms with Crippen molar-refractivity contribution < 1.29 is 9.59 Å². The molecule has 0 atom stereocenters. The molecule has 0 aliphatic heterocycles. The first-order valence-electron chi connectivity index (χ1n) is 6.79. The van der Waals surface area contributed by atoms with Crippen molar-refractivity contribution in [1.29, 1.82) is 0 Å². The summed E-state index contributed by atoms with van der Waals surface area (Å²) < 4.78 is 0. The first-order chi connectivity index (χ1) is 10.1. The number of thiophene rings is 1. The Hall–Kier alpha value is -2.14. The van der Waals surface area contributed by atoms with Crippen molar-refractivity contribution in [2.45, 2.75) is 13.3 Å². The molecule has 0 bridgehead atoms. The zero-order chi connectivity index (χ0) is 15.1. The molecule has 110 valence electrons. The third kappa shape index (κ3) is 5.04. The van der Waals surface area contributed by atoms with Crippen LogP contribution in [-0.4, -0.2) is 24.9 Å². The van der Waals surface area contributed by atoms with Gasteiger partial charge in [0.1, 0.15) is 0 Å². The topological polar surface area (TPSA) is 58.2 Å². The molecule has 0 aliphatic rings. The predicted molar refractivity (Wildman–Crippen MR) is 84.5 cm³/mol. The minimum atomic E-state index is -0.230. The molecule has 0 saturated carbocycles. The van der Waals surface area contributed by atoms with Crippen molar-refractivity contribution in [3.05, 3.63) is 57.8 Å². The van der Waals surface area contributed by atoms with Crippen molar-refractivity contribution in [1.82, 2.24) is 10.6 Å². The summed E-state index contributed by atoms with van der Waals surface area (Å²) in [5.41, 5.74) is 1.59. The first kappa shape index (κ1) is 15.3. The summed E-state index contributed by atoms with van der Waals surface area (Å²) in [4.78, 5) is 24.8. The molecule has 0 saturated heterocycles. The summed E-state index contributed by atoms with van der Waals surface area (Å²) in [5.74, 6) is -0.403. The van der Waals surface area contributed by atoms with E-state index in [0.717, 1.165) is 12.0 Å². The monoisotopic (exact) mass is 302 g/mol. The van der Waals surface area contributed by atoms with Gasteiger partial charge in [0.15, 0.2) is 0 Å². The quantitative estimate of drug-likeness (QED) is 0.859. The van der Waals surface area contributed by atoms with Gasteiger partial charge in [-0.1, -0.05) is 23.8 Å². The van der Waals surface area contributed by atoms with Crippen LogP contribution in [-0.2, 0) is 11.2 Å². The number of hydrogen-bond acceptors (Lipinski definition) is 3. The summed E-state index contributed by atoms with van der Waals surface area (Å²) in [7, 11) is 0. The Morgan fingerprint density at radius 3 is 2.71 bits per heavy atom. The van der Waals surface area contributed by atoms with E-state index in [2.05, 4.69) is 10.6 Å². The molecule has 2 N–H and O–H groups in total. The number of carbonyl (C=O) groups excluding carboxylic acids is 2. The average molecular weight is 302 g/mol. The third-order valence-corrected chi connectivity index (χ3v) is 3.90. The molecule has 2 rings (SSSR count). The lowest BCUT2D eigenvalue weighted by Gasteiger charge is -2.07. The van der Waals surface area contributed by atoms with Crippen LogP contribution >= 0.6 is 11.3 Å². The van der Waals surface area contributed by atoms with Gasteiger partial charge in [-0.05, 0) is 36.9 Å². The zero-order valence-electron chi connectivity index (χ0n) is 11.9. The number of benzene rings is 1. The highest BCUT2D eigenvalue weighted by atomic mass is 32.1. The molecule has 0 radical (unpaired) electrons. The molecule has 2 aromatic rings. The molecule has 5 heteroatoms. The van der Waals surface area contributed by atoms with Crippen molar-refractivity contribution in [3.63, 3.8) is 0 Å². The van der Waals surface area contributed by atoms with Crippen LogP contribution in [0.4, 0.5) is 0 Å². The Kier molecular flexibility index (Phi) is 5.51. The lowest BCUT2D eigenvalue weighted by atomic mass is 10.1. The van der Waals surface area contributed by atoms with E-state index in [9.17, 15) is 9.59 Å². The van der Waals surface area contributed by atoms with Crippen LogP contribution in [0.15, 0.2) is 41.8 Å². The van der Waals surface area contributed by atoms with Crippen LogP contribution in [0.5, 0.6) is 0 Å². The largest absolute Gasteiger partial charge is 0.354 e. The van der Waals surface area contributed by atoms with Crippen LogP contribution in [0.2, 0.25) is 0 Å². The van der Waals surface area contributed by atoms with Crippen LogP contribution in [0.1, 0.15) is 20.8 Å². The van der Waals surface area contributed by atoms with E-state index in [1.165, 1.54) is 4.88 Å². The average Bonchev–Trinajstić information content (AvgIpc) is 2.98. The standard InChI is InChI=1S/C16H18N2O2S/c1-12-4-2-5-13(10-12)16(20)18-11-15(19)17-8-7-14-6-3-9-21-14/h2-6,9-10H,7-8,11H2,1H3,(H,17,19)(H,18,20). The van der Waals surface area contributed by atoms with E-state index in [4.69, 9.17) is 0 Å². The van der Waals surface area contributed by atoms with Gasteiger partial charge in [0, 0.05) is 17.0 Å². The second-order valence-corrected chi connectivity index (χ2v) is 5.76. The maximum Gasteiger partial charge on any atom is 0.251 e. The van der Waals surface area contributed by atoms with Gasteiger partial charge in [-0.25, -0.2) is 0 Å². The van der Waals surface area contributed by atoms with Crippen LogP contribution in [0.25, 0.3) is 0 Å². The van der Waals surface area contributed by atoms with Crippen LogP contribution in [0.3, 0.4) is 0 Å². The number of carbonyl (C=O) groups is 2. The number of nitrogens with one attached hydrogen (secondary N) is 2. The minimum Gasteiger partial charge on any atom is -0.354 e. The highest BCUT2D eigenvalue weighted by molar-refractivity contribution is 7.09. The lowest BCUT2D eigenvalue weighted by molar-refractivity contribution is -0.120. The predicted octanol–water partition coefficient (Wildman–Crippen LogP) is 2.15. The Morgan fingerprint density at radius 1 is 1.14 bits per heavy atom. The summed E-state index contributed by atoms with van der Waals surface area (Å²) >= 11 is 1.67. The molecule has 0 aliphatic carbocycles. The fourth-order valence-corrected chi connectivity index (χ4v) is 2.60. The van der Waals surface area contributed by atoms with Gasteiger partial charge < -0.3 is 10.6 Å². The van der Waals surface area contributed by atoms with E-state index in [0.29, 0.717) is 12.1 Å². The third-order valence-electron chi connectivity index (χ3n) is 2.96. The van der Waals surface area contributed by atoms with E-state index >= 15 is 0 Å². The van der Waals surface area contributed by atoms with Gasteiger partial charge in [0.2, 0.25) is 5.91 Å². The lowest BCUT2D eigenvalue weighted by Crippen LogP contribution is -2.37. The molecule has 4 nitrogen and oxygen atoms in total. The number of aryl methyl sites for hydroxylation is 1. The smallest absolute Gasteiger partial charge is 0.251 e. The molecule has 1 aromatic carbocycles. The highest BCUT2D eigenvalue weighted by Gasteiger charge is 2.07. The summed E-state index contributed by atoms with van der Waals surface area (Å²) in [6.45, 7) is 2.50. The molecule has 0 spiro atoms. The number of amides is 2. The van der Waals surface area contributed by atoms with Gasteiger partial charge in [-0.15, -0.1) is 11.3 Å². The van der Waals surface area contributed by atoms with E-state index in [1.807, 2.05) is 36.6 Å². The zero-order valence-corrected chi connectivity index (χ0v) is 12.7. The molecule has 1 aromatic heterocycles. The van der Waals surface area contributed by atoms with Gasteiger partial charge >= 0.3 is 0 Å². The van der Waals surface area contributed by atoms with Crippen LogP contribution in [0, 0.1) is 6.92 Å². The van der Waals surface area contributed by atoms with Crippen LogP contribution < -0.4 is 10.6 Å². The maximum absolute atomic E-state index is 11.9. The summed E-state index contributed by atoms with van der Waals surface area (Å²) in [6, 6.07) is 11.3. The van der Waals surface area contributed by atoms with Crippen molar-refractivity contribution in [2.24, 2.45) is 0 Å². The molecule has 2 amide bonds. The fraction of sp³-hybridized carbons (Fsp3) is 0.250. The second-order valence-electron chi connectivity index (χ2n) is 4.73. The van der Waals surface area contributed by atoms with Crippen molar-refractivity contribution >= 4 is 23.2 Å². The molecule has 1 heterocycles. The second kappa shape index (κ2) is 7.59. The van der Waals surface area contributed by atoms with Gasteiger partial charge in [-0.2, -0.15) is 0 Å². The molecule has 0 fully saturated rings. The first-order valence-corrected chi connectivity index (χ1v) is 7.67. The van der Waals surface area contributed by atoms with E-state index in [1.54, 1.807) is 23.5 Å². The highest BCUT2D eigenvalue weighted by Crippen LogP contribution is 2.08. The van der Waals surface area contributed by atoms with E-state index in [-0.39, 0.29) is 18.4 Å². The normalized spacial score (nSPS) is 10.1. The number of hydrogen-bond donors (Lipinski definition) is 2. The summed E-state index contributed by atoms with van der Waals surface area (Å²) in [6.07, 6.45) is 0.815. The SMILES string of the molecule is Cc1cccc(C(=O)NCC(=O)NCCc2cccs2)c1. The van der Waals surface area contributed by atoms with Crippen molar-refractivity contribution in [3.8, 4) is 0 Å². The maximum atomic E-state index is 11.9. The molecular weight excluding hydrogens is 284 g/mol.